The predicted octanol–water partition coefficient (Wildman–Crippen LogP) is 1.94. The van der Waals surface area contributed by atoms with Gasteiger partial charge in [-0.2, -0.15) is 0 Å². The van der Waals surface area contributed by atoms with E-state index in [2.05, 4.69) is 49.0 Å². The first-order valence-corrected chi connectivity index (χ1v) is 25.3. The molecule has 2 aliphatic heterocycles. The Labute approximate surface area is 418 Å². The molecule has 0 saturated carbocycles. The smallest absolute Gasteiger partial charge is 0.246 e. The summed E-state index contributed by atoms with van der Waals surface area (Å²) >= 11 is 3.16. The molecule has 2 aromatic carbocycles. The minimum atomic E-state index is -1.58. The lowest BCUT2D eigenvalue weighted by atomic mass is 9.96. The van der Waals surface area contributed by atoms with Gasteiger partial charge in [-0.3, -0.25) is 38.4 Å². The second-order valence-corrected chi connectivity index (χ2v) is 20.4. The van der Waals surface area contributed by atoms with Crippen molar-refractivity contribution in [1.82, 2.24) is 46.5 Å². The number of aromatic nitrogens is 3. The molecule has 3 aromatic heterocycles. The molecule has 0 unspecified atom stereocenters. The Kier molecular flexibility index (Phi) is 17.0. The summed E-state index contributed by atoms with van der Waals surface area (Å²) < 4.78 is 2.55. The number of carbonyl (C=O) groups is 8. The molecular weight excluding hydrogens is 949 g/mol. The van der Waals surface area contributed by atoms with E-state index in [9.17, 15) is 33.6 Å². The van der Waals surface area contributed by atoms with Crippen LogP contribution in [-0.2, 0) is 44.8 Å². The average molecular weight is 1010 g/mol. The lowest BCUT2D eigenvalue weighted by molar-refractivity contribution is -0.143. The molecule has 376 valence electrons. The van der Waals surface area contributed by atoms with Crippen molar-refractivity contribution in [2.24, 2.45) is 23.1 Å². The highest BCUT2D eigenvalue weighted by atomic mass is 32.1. The first kappa shape index (κ1) is 51.8. The van der Waals surface area contributed by atoms with Crippen molar-refractivity contribution in [2.75, 3.05) is 13.1 Å². The summed E-state index contributed by atoms with van der Waals surface area (Å²) in [6.07, 6.45) is 1.79. The molecule has 2 fully saturated rings. The number of hydrogen-bond donors (Lipinski definition) is 8. The van der Waals surface area contributed by atoms with Crippen molar-refractivity contribution in [3.63, 3.8) is 0 Å². The number of primary amides is 2. The molecule has 0 radical (unpaired) electrons. The Balaban J connectivity index is 1.24. The first-order valence-electron chi connectivity index (χ1n) is 23.7. The number of rotatable bonds is 10. The van der Waals surface area contributed by atoms with Crippen molar-refractivity contribution >= 4 is 80.0 Å². The first-order chi connectivity index (χ1) is 34.0. The van der Waals surface area contributed by atoms with Crippen LogP contribution < -0.4 is 43.8 Å². The van der Waals surface area contributed by atoms with Crippen LogP contribution in [0, 0.1) is 12.8 Å². The molecule has 22 heteroatoms. The largest absolute Gasteiger partial charge is 0.370 e. The number of hydrogen-bond acceptors (Lipinski definition) is 13. The van der Waals surface area contributed by atoms with E-state index in [0.29, 0.717) is 25.0 Å². The minimum Gasteiger partial charge on any atom is -0.370 e. The average Bonchev–Trinajstić information content (AvgIpc) is 4.19. The van der Waals surface area contributed by atoms with E-state index >= 15 is 4.79 Å². The SMILES string of the molecule is CC[C@H](C)[C@@H]1NC(=O)[C@H](CC(N)=O)NC(=O)[C@@H](N)CC(=O)NCCCC[C@@H](C(N)=O)NC(=O)[C@H](Cc2csc3ccccc23)NC(=O)[C@@H]2C[C@H](n3cc(-c4ccc(-c5ccc(C)s5)cc4)nn3)CN2C1=O. The normalized spacial score (nSPS) is 24.0. The summed E-state index contributed by atoms with van der Waals surface area (Å²) in [6, 6.07) is 11.0. The van der Waals surface area contributed by atoms with Gasteiger partial charge in [0.15, 0.2) is 0 Å². The Morgan fingerprint density at radius 1 is 0.859 bits per heavy atom. The highest BCUT2D eigenvalue weighted by molar-refractivity contribution is 7.17. The summed E-state index contributed by atoms with van der Waals surface area (Å²) in [5, 5.41) is 25.1. The van der Waals surface area contributed by atoms with Gasteiger partial charge in [-0.15, -0.1) is 27.8 Å². The van der Waals surface area contributed by atoms with Crippen LogP contribution in [0.4, 0.5) is 0 Å². The molecular formula is C49H60N12O8S2. The van der Waals surface area contributed by atoms with Crippen LogP contribution in [0.25, 0.3) is 31.8 Å². The molecule has 8 atom stereocenters. The number of benzene rings is 2. The van der Waals surface area contributed by atoms with Gasteiger partial charge in [0.05, 0.1) is 31.1 Å². The summed E-state index contributed by atoms with van der Waals surface area (Å²) in [5.41, 5.74) is 20.6. The van der Waals surface area contributed by atoms with Gasteiger partial charge in [-0.1, -0.05) is 67.9 Å². The van der Waals surface area contributed by atoms with Gasteiger partial charge in [0.1, 0.15) is 35.9 Å². The summed E-state index contributed by atoms with van der Waals surface area (Å²) in [5.74, 6) is -6.76. The number of amides is 8. The number of aryl methyl sites for hydroxylation is 1. The third-order valence-electron chi connectivity index (χ3n) is 13.0. The molecule has 2 saturated heterocycles. The zero-order chi connectivity index (χ0) is 50.9. The fourth-order valence-electron chi connectivity index (χ4n) is 8.80. The molecule has 5 aromatic rings. The van der Waals surface area contributed by atoms with Crippen LogP contribution in [0.3, 0.4) is 0 Å². The third kappa shape index (κ3) is 12.8. The Morgan fingerprint density at radius 3 is 2.28 bits per heavy atom. The lowest BCUT2D eigenvalue weighted by Crippen LogP contribution is -2.60. The Hall–Kier alpha value is -7.04. The van der Waals surface area contributed by atoms with E-state index in [1.807, 2.05) is 60.8 Å². The summed E-state index contributed by atoms with van der Waals surface area (Å²) in [7, 11) is 0. The lowest BCUT2D eigenvalue weighted by Gasteiger charge is -2.33. The summed E-state index contributed by atoms with van der Waals surface area (Å²) in [6.45, 7) is 5.63. The maximum absolute atomic E-state index is 15.1. The zero-order valence-electron chi connectivity index (χ0n) is 39.7. The molecule has 7 rings (SSSR count). The van der Waals surface area contributed by atoms with Gasteiger partial charge in [0.2, 0.25) is 47.3 Å². The van der Waals surface area contributed by atoms with Crippen molar-refractivity contribution in [3.8, 4) is 21.7 Å². The van der Waals surface area contributed by atoms with Crippen LogP contribution in [0.15, 0.2) is 72.2 Å². The number of nitrogens with two attached hydrogens (primary N) is 3. The molecule has 0 aliphatic carbocycles. The second-order valence-electron chi connectivity index (χ2n) is 18.2. The van der Waals surface area contributed by atoms with Crippen molar-refractivity contribution in [3.05, 3.63) is 82.7 Å². The van der Waals surface area contributed by atoms with Gasteiger partial charge >= 0.3 is 0 Å². The van der Waals surface area contributed by atoms with E-state index in [1.165, 1.54) is 21.1 Å². The second kappa shape index (κ2) is 23.3. The number of fused-ring (bicyclic) bond motifs is 2. The minimum absolute atomic E-state index is 0.0151. The van der Waals surface area contributed by atoms with E-state index in [-0.39, 0.29) is 32.4 Å². The predicted molar refractivity (Wildman–Crippen MR) is 268 cm³/mol. The Morgan fingerprint density at radius 2 is 1.58 bits per heavy atom. The monoisotopic (exact) mass is 1010 g/mol. The zero-order valence-corrected chi connectivity index (χ0v) is 41.4. The highest BCUT2D eigenvalue weighted by Gasteiger charge is 2.45. The maximum Gasteiger partial charge on any atom is 0.246 e. The Bertz CT molecular complexity index is 2770. The van der Waals surface area contributed by atoms with Gasteiger partial charge in [0, 0.05) is 45.9 Å². The summed E-state index contributed by atoms with van der Waals surface area (Å²) in [4.78, 5) is 113. The van der Waals surface area contributed by atoms with Gasteiger partial charge in [-0.25, -0.2) is 4.68 Å². The standard InChI is InChI=1S/C49H60N12O8S2/c1-4-26(2)43-49(69)60-23-31(61-24-37(58-59-61)28-13-15-29(16-14-28)39-17-12-27(3)71-39)20-38(60)48(68)56-35(19-30-25-70-40-11-6-5-9-32(30)40)46(66)54-34(44(52)64)10-7-8-18-53-42(63)21-33(50)45(65)55-36(22-41(51)62)47(67)57-43/h5-6,9,11-17,24-26,31,33-36,38,43H,4,7-8,10,18-23,50H2,1-3H3,(H2,51,62)(H2,52,64)(H,53,63)(H,54,66)(H,55,65)(H,56,68)(H,57,67)/t26-,31-,33-,34-,35-,36-,38-,43-/m0/s1. The molecule has 11 N–H and O–H groups in total. The quantitative estimate of drug-likeness (QED) is 0.100. The van der Waals surface area contributed by atoms with Crippen LogP contribution in [0.2, 0.25) is 0 Å². The molecule has 8 amide bonds. The van der Waals surface area contributed by atoms with Gasteiger partial charge < -0.3 is 48.7 Å². The van der Waals surface area contributed by atoms with Crippen molar-refractivity contribution in [1.29, 1.82) is 0 Å². The van der Waals surface area contributed by atoms with E-state index in [1.54, 1.807) is 36.1 Å². The van der Waals surface area contributed by atoms with Gasteiger partial charge in [-0.05, 0) is 72.2 Å². The van der Waals surface area contributed by atoms with Crippen LogP contribution in [0.1, 0.15) is 75.3 Å². The fraction of sp³-hybridized carbons (Fsp3) is 0.429. The number of nitrogens with one attached hydrogen (secondary N) is 5. The van der Waals surface area contributed by atoms with Crippen LogP contribution in [-0.4, -0.2) is 116 Å². The van der Waals surface area contributed by atoms with Crippen molar-refractivity contribution < 1.29 is 38.4 Å². The molecule has 2 aliphatic rings. The fourth-order valence-corrected chi connectivity index (χ4v) is 10.6. The molecule has 71 heavy (non-hydrogen) atoms. The third-order valence-corrected chi connectivity index (χ3v) is 15.1. The van der Waals surface area contributed by atoms with Crippen molar-refractivity contribution in [2.45, 2.75) is 114 Å². The van der Waals surface area contributed by atoms with Gasteiger partial charge in [0.25, 0.3) is 0 Å². The number of nitrogens with zero attached hydrogens (tertiary/aromatic N) is 4. The van der Waals surface area contributed by atoms with E-state index < -0.39 is 108 Å². The molecule has 20 nitrogen and oxygen atoms in total. The highest BCUT2D eigenvalue weighted by Crippen LogP contribution is 2.33. The molecule has 0 spiro atoms. The topological polar surface area (TPSA) is 309 Å². The molecule has 0 bridgehead atoms. The number of carbonyl (C=O) groups excluding carboxylic acids is 8. The maximum atomic E-state index is 15.1. The van der Waals surface area contributed by atoms with E-state index in [0.717, 1.165) is 31.7 Å². The van der Waals surface area contributed by atoms with Crippen LogP contribution >= 0.6 is 22.7 Å². The van der Waals surface area contributed by atoms with Crippen LogP contribution in [0.5, 0.6) is 0 Å². The van der Waals surface area contributed by atoms with E-state index in [4.69, 9.17) is 17.2 Å². The number of thiophene rings is 2. The molecule has 5 heterocycles.